The molecular formula is C19H23N5OS2. The van der Waals surface area contributed by atoms with Crippen molar-refractivity contribution in [3.8, 4) is 0 Å². The minimum absolute atomic E-state index is 0.0780. The van der Waals surface area contributed by atoms with Crippen molar-refractivity contribution in [2.75, 3.05) is 11.9 Å². The molecule has 0 radical (unpaired) electrons. The molecule has 1 atom stereocenters. The van der Waals surface area contributed by atoms with E-state index in [1.165, 1.54) is 28.2 Å². The third kappa shape index (κ3) is 3.97. The minimum Gasteiger partial charge on any atom is -0.297 e. The molecule has 27 heavy (non-hydrogen) atoms. The maximum atomic E-state index is 12.4. The van der Waals surface area contributed by atoms with E-state index < -0.39 is 0 Å². The van der Waals surface area contributed by atoms with Crippen LogP contribution in [0.15, 0.2) is 29.9 Å². The fourth-order valence-electron chi connectivity index (χ4n) is 3.53. The molecule has 1 aliphatic heterocycles. The van der Waals surface area contributed by atoms with Crippen molar-refractivity contribution in [2.45, 2.75) is 45.8 Å². The lowest BCUT2D eigenvalue weighted by atomic mass is 10.1. The summed E-state index contributed by atoms with van der Waals surface area (Å²) in [4.78, 5) is 21.1. The molecule has 3 aromatic heterocycles. The highest BCUT2D eigenvalue weighted by molar-refractivity contribution is 7.15. The maximum absolute atomic E-state index is 12.4. The van der Waals surface area contributed by atoms with Crippen LogP contribution in [0.25, 0.3) is 0 Å². The topological polar surface area (TPSA) is 63.1 Å². The van der Waals surface area contributed by atoms with Crippen molar-refractivity contribution in [3.63, 3.8) is 0 Å². The van der Waals surface area contributed by atoms with Crippen LogP contribution in [-0.4, -0.2) is 32.1 Å². The molecule has 0 spiro atoms. The first-order valence-corrected chi connectivity index (χ1v) is 10.9. The predicted octanol–water partition coefficient (Wildman–Crippen LogP) is 4.32. The second-order valence-corrected chi connectivity index (χ2v) is 8.73. The normalized spacial score (nSPS) is 17.5. The molecule has 6 nitrogen and oxygen atoms in total. The molecular weight excluding hydrogens is 378 g/mol. The number of hydrogen-bond acceptors (Lipinski definition) is 6. The van der Waals surface area contributed by atoms with Crippen LogP contribution in [0.3, 0.4) is 0 Å². The first-order valence-electron chi connectivity index (χ1n) is 9.21. The molecule has 0 unspecified atom stereocenters. The molecule has 0 bridgehead atoms. The first kappa shape index (κ1) is 18.3. The summed E-state index contributed by atoms with van der Waals surface area (Å²) < 4.78 is 2.00. The molecule has 1 saturated heterocycles. The summed E-state index contributed by atoms with van der Waals surface area (Å²) in [5, 5.41) is 9.93. The zero-order valence-electron chi connectivity index (χ0n) is 15.5. The van der Waals surface area contributed by atoms with Crippen LogP contribution in [-0.2, 0) is 13.1 Å². The van der Waals surface area contributed by atoms with Crippen LogP contribution >= 0.6 is 22.7 Å². The Kier molecular flexibility index (Phi) is 5.38. The van der Waals surface area contributed by atoms with Crippen LogP contribution in [0.5, 0.6) is 0 Å². The van der Waals surface area contributed by atoms with Gasteiger partial charge in [-0.1, -0.05) is 0 Å². The largest absolute Gasteiger partial charge is 0.297 e. The molecule has 0 saturated carbocycles. The average Bonchev–Trinajstić information content (AvgIpc) is 3.42. The highest BCUT2D eigenvalue weighted by Gasteiger charge is 2.28. The Morgan fingerprint density at radius 2 is 2.30 bits per heavy atom. The lowest BCUT2D eigenvalue weighted by molar-refractivity contribution is 0.103. The van der Waals surface area contributed by atoms with E-state index in [1.807, 2.05) is 16.1 Å². The van der Waals surface area contributed by atoms with Gasteiger partial charge in [-0.2, -0.15) is 5.10 Å². The fraction of sp³-hybridized carbons (Fsp3) is 0.421. The highest BCUT2D eigenvalue weighted by Crippen LogP contribution is 2.37. The number of carbonyl (C=O) groups excluding carboxylic acids is 1. The number of thiazole rings is 1. The van der Waals surface area contributed by atoms with Gasteiger partial charge in [0, 0.05) is 47.3 Å². The van der Waals surface area contributed by atoms with Gasteiger partial charge in [-0.05, 0) is 45.4 Å². The SMILES string of the molecule is CCn1cc(CN2CCC[C@@H]2c2ccc(C(=O)Nc3nccs3)s2)c(C)n1. The minimum atomic E-state index is -0.0780. The van der Waals surface area contributed by atoms with Gasteiger partial charge in [0.1, 0.15) is 0 Å². The summed E-state index contributed by atoms with van der Waals surface area (Å²) in [6.45, 7) is 7.08. The predicted molar refractivity (Wildman–Crippen MR) is 109 cm³/mol. The second kappa shape index (κ2) is 7.92. The van der Waals surface area contributed by atoms with Crippen LogP contribution in [0, 0.1) is 6.92 Å². The molecule has 1 fully saturated rings. The van der Waals surface area contributed by atoms with E-state index >= 15 is 0 Å². The number of amides is 1. The number of hydrogen-bond donors (Lipinski definition) is 1. The van der Waals surface area contributed by atoms with Gasteiger partial charge in [-0.3, -0.25) is 19.7 Å². The number of rotatable bonds is 6. The average molecular weight is 402 g/mol. The number of nitrogens with zero attached hydrogens (tertiary/aromatic N) is 4. The Labute approximate surface area is 166 Å². The Morgan fingerprint density at radius 1 is 1.41 bits per heavy atom. The third-order valence-electron chi connectivity index (χ3n) is 4.94. The van der Waals surface area contributed by atoms with Crippen molar-refractivity contribution >= 4 is 33.7 Å². The first-order chi connectivity index (χ1) is 13.1. The van der Waals surface area contributed by atoms with Gasteiger partial charge in [0.25, 0.3) is 5.91 Å². The van der Waals surface area contributed by atoms with Gasteiger partial charge in [-0.15, -0.1) is 22.7 Å². The zero-order chi connectivity index (χ0) is 18.8. The van der Waals surface area contributed by atoms with E-state index in [9.17, 15) is 4.79 Å². The lowest BCUT2D eigenvalue weighted by Crippen LogP contribution is -2.22. The van der Waals surface area contributed by atoms with E-state index in [1.54, 1.807) is 17.5 Å². The van der Waals surface area contributed by atoms with E-state index in [4.69, 9.17) is 0 Å². The molecule has 0 aromatic carbocycles. The molecule has 1 N–H and O–H groups in total. The van der Waals surface area contributed by atoms with Crippen molar-refractivity contribution < 1.29 is 4.79 Å². The second-order valence-electron chi connectivity index (χ2n) is 6.72. The van der Waals surface area contributed by atoms with E-state index in [0.717, 1.165) is 36.6 Å². The third-order valence-corrected chi connectivity index (χ3v) is 6.81. The standard InChI is InChI=1S/C19H23N5OS2/c1-3-24-12-14(13(2)22-24)11-23-9-4-5-15(23)16-6-7-17(27-16)18(25)21-19-20-8-10-26-19/h6-8,10,12,15H,3-5,9,11H2,1-2H3,(H,20,21,25)/t15-/m1/s1. The Hall–Kier alpha value is -2.03. The fourth-order valence-corrected chi connectivity index (χ4v) is 5.13. The van der Waals surface area contributed by atoms with E-state index in [0.29, 0.717) is 11.2 Å². The maximum Gasteiger partial charge on any atom is 0.267 e. The molecule has 8 heteroatoms. The van der Waals surface area contributed by atoms with Crippen molar-refractivity contribution in [1.82, 2.24) is 19.7 Å². The van der Waals surface area contributed by atoms with E-state index in [2.05, 4.69) is 46.4 Å². The Bertz CT molecular complexity index is 915. The molecule has 3 aromatic rings. The molecule has 1 aliphatic rings. The quantitative estimate of drug-likeness (QED) is 0.668. The summed E-state index contributed by atoms with van der Waals surface area (Å²) in [7, 11) is 0. The highest BCUT2D eigenvalue weighted by atomic mass is 32.1. The smallest absolute Gasteiger partial charge is 0.267 e. The Morgan fingerprint density at radius 3 is 3.04 bits per heavy atom. The monoisotopic (exact) mass is 401 g/mol. The van der Waals surface area contributed by atoms with Gasteiger partial charge in [0.2, 0.25) is 0 Å². The number of carbonyl (C=O) groups is 1. The summed E-state index contributed by atoms with van der Waals surface area (Å²) in [5.74, 6) is -0.0780. The van der Waals surface area contributed by atoms with Crippen LogP contribution in [0.1, 0.15) is 51.6 Å². The number of aromatic nitrogens is 3. The molecule has 0 aliphatic carbocycles. The summed E-state index contributed by atoms with van der Waals surface area (Å²) in [6.07, 6.45) is 6.17. The van der Waals surface area contributed by atoms with Gasteiger partial charge in [0.15, 0.2) is 5.13 Å². The summed E-state index contributed by atoms with van der Waals surface area (Å²) in [5.41, 5.74) is 2.40. The van der Waals surface area contributed by atoms with Crippen LogP contribution in [0.4, 0.5) is 5.13 Å². The van der Waals surface area contributed by atoms with Gasteiger partial charge >= 0.3 is 0 Å². The van der Waals surface area contributed by atoms with Gasteiger partial charge in [0.05, 0.1) is 10.6 Å². The number of nitrogens with one attached hydrogen (secondary N) is 1. The summed E-state index contributed by atoms with van der Waals surface area (Å²) in [6, 6.07) is 4.41. The van der Waals surface area contributed by atoms with Crippen molar-refractivity contribution in [1.29, 1.82) is 0 Å². The molecule has 142 valence electrons. The van der Waals surface area contributed by atoms with Gasteiger partial charge < -0.3 is 0 Å². The summed E-state index contributed by atoms with van der Waals surface area (Å²) >= 11 is 3.02. The number of thiophene rings is 1. The lowest BCUT2D eigenvalue weighted by Gasteiger charge is -2.23. The number of anilines is 1. The Balaban J connectivity index is 1.46. The molecule has 4 rings (SSSR count). The van der Waals surface area contributed by atoms with Gasteiger partial charge in [-0.25, -0.2) is 4.98 Å². The zero-order valence-corrected chi connectivity index (χ0v) is 17.1. The van der Waals surface area contributed by atoms with E-state index in [-0.39, 0.29) is 5.91 Å². The van der Waals surface area contributed by atoms with Crippen molar-refractivity contribution in [2.24, 2.45) is 0 Å². The van der Waals surface area contributed by atoms with Crippen LogP contribution < -0.4 is 5.32 Å². The number of aryl methyl sites for hydroxylation is 2. The molecule has 4 heterocycles. The van der Waals surface area contributed by atoms with Crippen molar-refractivity contribution in [3.05, 3.63) is 50.9 Å². The van der Waals surface area contributed by atoms with Crippen LogP contribution in [0.2, 0.25) is 0 Å². The molecule has 1 amide bonds. The number of likely N-dealkylation sites (tertiary alicyclic amines) is 1.